The Morgan fingerprint density at radius 3 is 1.78 bits per heavy atom. The van der Waals surface area contributed by atoms with Crippen molar-refractivity contribution in [3.63, 3.8) is 0 Å². The largest absolute Gasteiger partial charge is 0.502 e. The summed E-state index contributed by atoms with van der Waals surface area (Å²) in [7, 11) is 0. The predicted octanol–water partition coefficient (Wildman–Crippen LogP) is 0.434. The van der Waals surface area contributed by atoms with Crippen LogP contribution >= 0.6 is 0 Å². The average Bonchev–Trinajstić information content (AvgIpc) is 2.28. The van der Waals surface area contributed by atoms with Gasteiger partial charge in [-0.3, -0.25) is 9.59 Å². The first-order valence-electron chi connectivity index (χ1n) is 5.52. The van der Waals surface area contributed by atoms with Gasteiger partial charge in [-0.2, -0.15) is 0 Å². The summed E-state index contributed by atoms with van der Waals surface area (Å²) in [6.45, 7) is 7.25. The molecule has 0 aromatic heterocycles. The minimum absolute atomic E-state index is 0.136. The third kappa shape index (κ3) is 5.38. The van der Waals surface area contributed by atoms with Gasteiger partial charge in [-0.25, -0.2) is 0 Å². The van der Waals surface area contributed by atoms with Crippen molar-refractivity contribution in [1.82, 2.24) is 0 Å². The van der Waals surface area contributed by atoms with Gasteiger partial charge in [0, 0.05) is 6.42 Å². The molecule has 0 heterocycles. The number of amides is 2. The molecule has 0 aromatic carbocycles. The molecule has 0 saturated heterocycles. The van der Waals surface area contributed by atoms with Gasteiger partial charge in [0.25, 0.3) is 0 Å². The van der Waals surface area contributed by atoms with E-state index < -0.39 is 17.2 Å². The van der Waals surface area contributed by atoms with E-state index in [4.69, 9.17) is 20.9 Å². The topological polar surface area (TPSA) is 105 Å². The van der Waals surface area contributed by atoms with Crippen LogP contribution in [0.25, 0.3) is 0 Å². The third-order valence-corrected chi connectivity index (χ3v) is 2.67. The van der Waals surface area contributed by atoms with E-state index in [1.165, 1.54) is 12.5 Å². The summed E-state index contributed by atoms with van der Waals surface area (Å²) in [5.41, 5.74) is 9.47. The Hall–Kier alpha value is -1.98. The summed E-state index contributed by atoms with van der Waals surface area (Å²) >= 11 is 0. The van der Waals surface area contributed by atoms with Crippen LogP contribution < -0.4 is 11.5 Å². The molecule has 2 amide bonds. The highest BCUT2D eigenvalue weighted by Gasteiger charge is 2.38. The van der Waals surface area contributed by atoms with Crippen LogP contribution in [-0.2, 0) is 19.1 Å². The highest BCUT2D eigenvalue weighted by Crippen LogP contribution is 2.30. The summed E-state index contributed by atoms with van der Waals surface area (Å²) in [5.74, 6) is -1.19. The van der Waals surface area contributed by atoms with Crippen molar-refractivity contribution < 1.29 is 19.1 Å². The van der Waals surface area contributed by atoms with Crippen LogP contribution in [0, 0.1) is 5.41 Å². The smallest absolute Gasteiger partial charge is 0.224 e. The maximum absolute atomic E-state index is 11.6. The maximum atomic E-state index is 11.6. The van der Waals surface area contributed by atoms with Gasteiger partial charge in [-0.05, 0) is 12.8 Å². The van der Waals surface area contributed by atoms with E-state index in [1.807, 2.05) is 0 Å². The fourth-order valence-corrected chi connectivity index (χ4v) is 1.64. The molecule has 0 aliphatic rings. The lowest BCUT2D eigenvalue weighted by Crippen LogP contribution is -2.42. The van der Waals surface area contributed by atoms with Crippen molar-refractivity contribution >= 4 is 11.8 Å². The van der Waals surface area contributed by atoms with Gasteiger partial charge < -0.3 is 20.9 Å². The van der Waals surface area contributed by atoms with Crippen LogP contribution in [-0.4, -0.2) is 25.0 Å². The molecule has 0 radical (unpaired) electrons. The highest BCUT2D eigenvalue weighted by atomic mass is 16.5. The number of nitrogens with two attached hydrogens (primary N) is 2. The Morgan fingerprint density at radius 1 is 1.06 bits per heavy atom. The molecule has 18 heavy (non-hydrogen) atoms. The first kappa shape index (κ1) is 16.0. The van der Waals surface area contributed by atoms with Crippen molar-refractivity contribution in [2.45, 2.75) is 19.3 Å². The van der Waals surface area contributed by atoms with Crippen LogP contribution in [0.4, 0.5) is 0 Å². The third-order valence-electron chi connectivity index (χ3n) is 2.67. The normalized spacial score (nSPS) is 10.4. The number of primary amides is 2. The van der Waals surface area contributed by atoms with Crippen molar-refractivity contribution in [1.29, 1.82) is 0 Å². The molecule has 0 bridgehead atoms. The summed E-state index contributed by atoms with van der Waals surface area (Å²) in [6, 6.07) is 0. The van der Waals surface area contributed by atoms with Gasteiger partial charge in [0.2, 0.25) is 11.8 Å². The second kappa shape index (κ2) is 8.16. The summed E-state index contributed by atoms with van der Waals surface area (Å²) in [5, 5.41) is 0. The molecule has 6 nitrogen and oxygen atoms in total. The number of rotatable bonds is 11. The summed E-state index contributed by atoms with van der Waals surface area (Å²) in [6.07, 6.45) is 2.94. The SMILES string of the molecule is C=COCCC(CCOC=C)(CC(N)=O)C(N)=O. The Morgan fingerprint density at radius 2 is 1.50 bits per heavy atom. The van der Waals surface area contributed by atoms with E-state index in [9.17, 15) is 9.59 Å². The van der Waals surface area contributed by atoms with Crippen molar-refractivity contribution in [3.05, 3.63) is 25.7 Å². The minimum Gasteiger partial charge on any atom is -0.502 e. The van der Waals surface area contributed by atoms with Gasteiger partial charge in [0.15, 0.2) is 0 Å². The molecule has 0 spiro atoms. The van der Waals surface area contributed by atoms with Gasteiger partial charge >= 0.3 is 0 Å². The lowest BCUT2D eigenvalue weighted by molar-refractivity contribution is -0.135. The minimum atomic E-state index is -1.06. The molecule has 0 aliphatic heterocycles. The highest BCUT2D eigenvalue weighted by molar-refractivity contribution is 5.87. The number of carbonyl (C=O) groups is 2. The Balaban J connectivity index is 4.76. The first-order chi connectivity index (χ1) is 8.48. The van der Waals surface area contributed by atoms with Crippen LogP contribution in [0.15, 0.2) is 25.7 Å². The zero-order valence-corrected chi connectivity index (χ0v) is 10.4. The molecule has 0 aliphatic carbocycles. The van der Waals surface area contributed by atoms with Crippen LogP contribution in [0.5, 0.6) is 0 Å². The van der Waals surface area contributed by atoms with Gasteiger partial charge in [-0.1, -0.05) is 13.2 Å². The molecule has 0 unspecified atom stereocenters. The van der Waals surface area contributed by atoms with Crippen molar-refractivity contribution in [2.24, 2.45) is 16.9 Å². The molecule has 0 fully saturated rings. The fraction of sp³-hybridized carbons (Fsp3) is 0.500. The van der Waals surface area contributed by atoms with E-state index in [0.717, 1.165) is 0 Å². The zero-order chi connectivity index (χ0) is 14.0. The fourth-order valence-electron chi connectivity index (χ4n) is 1.64. The average molecular weight is 256 g/mol. The molecular formula is C12H20N2O4. The Labute approximate surface area is 107 Å². The molecule has 0 saturated carbocycles. The lowest BCUT2D eigenvalue weighted by Gasteiger charge is -2.28. The van der Waals surface area contributed by atoms with Crippen molar-refractivity contribution in [2.75, 3.05) is 13.2 Å². The molecule has 0 aromatic rings. The number of hydrogen-bond acceptors (Lipinski definition) is 4. The molecule has 0 atom stereocenters. The quantitative estimate of drug-likeness (QED) is 0.413. The number of hydrogen-bond donors (Lipinski definition) is 2. The standard InChI is InChI=1S/C12H20N2O4/c1-3-17-7-5-12(11(14)16,9-10(13)15)6-8-18-4-2/h3-4H,1-2,5-9H2,(H2,13,15)(H2,14,16). The van der Waals surface area contributed by atoms with Gasteiger partial charge in [-0.15, -0.1) is 0 Å². The Kier molecular flexibility index (Phi) is 7.26. The van der Waals surface area contributed by atoms with Crippen LogP contribution in [0.1, 0.15) is 19.3 Å². The van der Waals surface area contributed by atoms with E-state index in [-0.39, 0.29) is 32.5 Å². The second-order valence-electron chi connectivity index (χ2n) is 3.86. The van der Waals surface area contributed by atoms with E-state index >= 15 is 0 Å². The van der Waals surface area contributed by atoms with Crippen molar-refractivity contribution in [3.8, 4) is 0 Å². The van der Waals surface area contributed by atoms with Crippen LogP contribution in [0.2, 0.25) is 0 Å². The maximum Gasteiger partial charge on any atom is 0.224 e. The van der Waals surface area contributed by atoms with Gasteiger partial charge in [0.05, 0.1) is 31.2 Å². The molecular weight excluding hydrogens is 236 g/mol. The molecule has 102 valence electrons. The Bertz CT molecular complexity index is 301. The zero-order valence-electron chi connectivity index (χ0n) is 10.4. The number of ether oxygens (including phenoxy) is 2. The summed E-state index contributed by atoms with van der Waals surface area (Å²) in [4.78, 5) is 22.7. The van der Waals surface area contributed by atoms with E-state index in [2.05, 4.69) is 13.2 Å². The lowest BCUT2D eigenvalue weighted by atomic mass is 9.77. The predicted molar refractivity (Wildman–Crippen MR) is 67.0 cm³/mol. The molecule has 6 heteroatoms. The summed E-state index contributed by atoms with van der Waals surface area (Å²) < 4.78 is 9.94. The monoisotopic (exact) mass is 256 g/mol. The second-order valence-corrected chi connectivity index (χ2v) is 3.86. The van der Waals surface area contributed by atoms with E-state index in [1.54, 1.807) is 0 Å². The van der Waals surface area contributed by atoms with E-state index in [0.29, 0.717) is 0 Å². The van der Waals surface area contributed by atoms with Gasteiger partial charge in [0.1, 0.15) is 0 Å². The molecule has 0 rings (SSSR count). The first-order valence-corrected chi connectivity index (χ1v) is 5.52. The number of carbonyl (C=O) groups excluding carboxylic acids is 2. The molecule has 4 N–H and O–H groups in total. The van der Waals surface area contributed by atoms with Crippen LogP contribution in [0.3, 0.4) is 0 Å².